The number of benzene rings is 1. The lowest BCUT2D eigenvalue weighted by atomic mass is 9.84. The van der Waals surface area contributed by atoms with E-state index in [-0.39, 0.29) is 42.6 Å². The Balaban J connectivity index is 1.56. The normalized spacial score (nSPS) is 15.2. The zero-order valence-electron chi connectivity index (χ0n) is 19.7. The molecule has 3 rings (SSSR count). The van der Waals surface area contributed by atoms with E-state index in [4.69, 9.17) is 4.74 Å². The summed E-state index contributed by atoms with van der Waals surface area (Å²) in [7, 11) is 0. The van der Waals surface area contributed by atoms with Gasteiger partial charge in [-0.3, -0.25) is 9.59 Å². The molecule has 178 valence electrons. The minimum absolute atomic E-state index is 0.113. The molecule has 8 heteroatoms. The number of carbonyl (C=O) groups is 3. The lowest BCUT2D eigenvalue weighted by Crippen LogP contribution is -2.43. The van der Waals surface area contributed by atoms with Crippen LogP contribution in [0, 0.1) is 31.5 Å². The van der Waals surface area contributed by atoms with E-state index in [9.17, 15) is 18.8 Å². The van der Waals surface area contributed by atoms with Gasteiger partial charge in [0.25, 0.3) is 5.91 Å². The standard InChI is InChI=1S/C25H32FN3O4/c1-5-33-25(32)21-16(3)22(28-17(21)4)24(31)29-12-10-18(11-13-29)15(2)23(30)27-14-19-8-6-7-9-20(19)26/h6-9,15,18,28H,5,10-14H2,1-4H3,(H,27,30)/t15-/m1/s1. The molecule has 33 heavy (non-hydrogen) atoms. The van der Waals surface area contributed by atoms with Crippen LogP contribution in [-0.2, 0) is 16.1 Å². The number of aromatic nitrogens is 1. The number of carbonyl (C=O) groups excluding carboxylic acids is 3. The van der Waals surface area contributed by atoms with Gasteiger partial charge in [-0.1, -0.05) is 25.1 Å². The molecule has 0 saturated carbocycles. The van der Waals surface area contributed by atoms with Gasteiger partial charge in [-0.2, -0.15) is 0 Å². The molecule has 2 heterocycles. The zero-order valence-corrected chi connectivity index (χ0v) is 19.7. The van der Waals surface area contributed by atoms with Crippen LogP contribution in [0.2, 0.25) is 0 Å². The monoisotopic (exact) mass is 457 g/mol. The molecule has 1 aliphatic heterocycles. The van der Waals surface area contributed by atoms with E-state index in [1.165, 1.54) is 6.07 Å². The highest BCUT2D eigenvalue weighted by molar-refractivity contribution is 6.00. The van der Waals surface area contributed by atoms with Gasteiger partial charge in [-0.25, -0.2) is 9.18 Å². The Kier molecular flexibility index (Phi) is 7.89. The second-order valence-corrected chi connectivity index (χ2v) is 8.57. The molecule has 1 aromatic heterocycles. The molecular formula is C25H32FN3O4. The summed E-state index contributed by atoms with van der Waals surface area (Å²) in [5.74, 6) is -1.13. The second kappa shape index (κ2) is 10.6. The first-order valence-electron chi connectivity index (χ1n) is 11.4. The molecule has 2 aromatic rings. The summed E-state index contributed by atoms with van der Waals surface area (Å²) in [6.45, 7) is 8.60. The Hall–Kier alpha value is -3.16. The van der Waals surface area contributed by atoms with Crippen LogP contribution in [0.25, 0.3) is 0 Å². The van der Waals surface area contributed by atoms with Crippen molar-refractivity contribution in [3.8, 4) is 0 Å². The highest BCUT2D eigenvalue weighted by Crippen LogP contribution is 2.27. The third-order valence-electron chi connectivity index (χ3n) is 6.49. The molecule has 2 amide bonds. The van der Waals surface area contributed by atoms with Crippen molar-refractivity contribution in [3.05, 3.63) is 58.2 Å². The largest absolute Gasteiger partial charge is 0.462 e. The molecule has 1 atom stereocenters. The molecule has 1 aliphatic rings. The first kappa shape index (κ1) is 24.5. The minimum Gasteiger partial charge on any atom is -0.462 e. The topological polar surface area (TPSA) is 91.5 Å². The van der Waals surface area contributed by atoms with Gasteiger partial charge in [0, 0.05) is 36.8 Å². The number of piperidine rings is 1. The lowest BCUT2D eigenvalue weighted by Gasteiger charge is -2.34. The quantitative estimate of drug-likeness (QED) is 0.620. The number of rotatable bonds is 7. The molecule has 0 bridgehead atoms. The molecule has 0 unspecified atom stereocenters. The average molecular weight is 458 g/mol. The molecule has 1 fully saturated rings. The first-order valence-corrected chi connectivity index (χ1v) is 11.4. The Morgan fingerprint density at radius 1 is 1.21 bits per heavy atom. The Labute approximate surface area is 193 Å². The summed E-state index contributed by atoms with van der Waals surface area (Å²) in [6, 6.07) is 6.39. The number of aromatic amines is 1. The first-order chi connectivity index (χ1) is 15.7. The van der Waals surface area contributed by atoms with Gasteiger partial charge in [-0.05, 0) is 51.2 Å². The van der Waals surface area contributed by atoms with Crippen molar-refractivity contribution in [2.75, 3.05) is 19.7 Å². The van der Waals surface area contributed by atoms with Gasteiger partial charge >= 0.3 is 5.97 Å². The molecule has 2 N–H and O–H groups in total. The third-order valence-corrected chi connectivity index (χ3v) is 6.49. The van der Waals surface area contributed by atoms with E-state index in [1.807, 2.05) is 6.92 Å². The van der Waals surface area contributed by atoms with E-state index in [0.29, 0.717) is 54.0 Å². The number of aryl methyl sites for hydroxylation is 1. The number of nitrogens with one attached hydrogen (secondary N) is 2. The Bertz CT molecular complexity index is 1020. The van der Waals surface area contributed by atoms with Gasteiger partial charge in [0.2, 0.25) is 5.91 Å². The molecule has 1 aromatic carbocycles. The van der Waals surface area contributed by atoms with E-state index >= 15 is 0 Å². The van der Waals surface area contributed by atoms with Crippen LogP contribution in [0.3, 0.4) is 0 Å². The van der Waals surface area contributed by atoms with Gasteiger partial charge in [0.15, 0.2) is 0 Å². The van der Waals surface area contributed by atoms with Crippen LogP contribution in [0.5, 0.6) is 0 Å². The maximum atomic E-state index is 13.8. The number of ether oxygens (including phenoxy) is 1. The van der Waals surface area contributed by atoms with Crippen LogP contribution < -0.4 is 5.32 Å². The van der Waals surface area contributed by atoms with Gasteiger partial charge in [0.1, 0.15) is 11.5 Å². The van der Waals surface area contributed by atoms with Crippen molar-refractivity contribution in [2.24, 2.45) is 11.8 Å². The van der Waals surface area contributed by atoms with Gasteiger partial charge < -0.3 is 19.9 Å². The summed E-state index contributed by atoms with van der Waals surface area (Å²) in [4.78, 5) is 42.7. The van der Waals surface area contributed by atoms with Gasteiger partial charge in [0.05, 0.1) is 12.2 Å². The molecule has 0 radical (unpaired) electrons. The number of hydrogen-bond acceptors (Lipinski definition) is 4. The van der Waals surface area contributed by atoms with Crippen molar-refractivity contribution in [2.45, 2.75) is 47.1 Å². The SMILES string of the molecule is CCOC(=O)c1c(C)[nH]c(C(=O)N2CCC([C@@H](C)C(=O)NCc3ccccc3F)CC2)c1C. The van der Waals surface area contributed by atoms with Crippen molar-refractivity contribution in [1.29, 1.82) is 0 Å². The smallest absolute Gasteiger partial charge is 0.340 e. The summed E-state index contributed by atoms with van der Waals surface area (Å²) in [6.07, 6.45) is 1.40. The molecule has 7 nitrogen and oxygen atoms in total. The summed E-state index contributed by atoms with van der Waals surface area (Å²) >= 11 is 0. The predicted octanol–water partition coefficient (Wildman–Crippen LogP) is 3.75. The number of amides is 2. The number of esters is 1. The molecule has 0 aliphatic carbocycles. The summed E-state index contributed by atoms with van der Waals surface area (Å²) < 4.78 is 18.9. The van der Waals surface area contributed by atoms with E-state index in [1.54, 1.807) is 43.9 Å². The summed E-state index contributed by atoms with van der Waals surface area (Å²) in [5.41, 5.74) is 2.49. The fraction of sp³-hybridized carbons (Fsp3) is 0.480. The second-order valence-electron chi connectivity index (χ2n) is 8.57. The molecular weight excluding hydrogens is 425 g/mol. The van der Waals surface area contributed by atoms with Crippen LogP contribution in [0.4, 0.5) is 4.39 Å². The van der Waals surface area contributed by atoms with Crippen LogP contribution in [-0.4, -0.2) is 47.4 Å². The fourth-order valence-electron chi connectivity index (χ4n) is 4.43. The highest BCUT2D eigenvalue weighted by atomic mass is 19.1. The third kappa shape index (κ3) is 5.43. The van der Waals surface area contributed by atoms with Gasteiger partial charge in [-0.15, -0.1) is 0 Å². The average Bonchev–Trinajstić information content (AvgIpc) is 3.11. The Morgan fingerprint density at radius 2 is 1.88 bits per heavy atom. The highest BCUT2D eigenvalue weighted by Gasteiger charge is 2.32. The number of nitrogens with zero attached hydrogens (tertiary/aromatic N) is 1. The molecule has 1 saturated heterocycles. The minimum atomic E-state index is -0.434. The van der Waals surface area contributed by atoms with Crippen LogP contribution >= 0.6 is 0 Å². The van der Waals surface area contributed by atoms with Crippen LogP contribution in [0.15, 0.2) is 24.3 Å². The van der Waals surface area contributed by atoms with Crippen molar-refractivity contribution in [1.82, 2.24) is 15.2 Å². The predicted molar refractivity (Wildman–Crippen MR) is 122 cm³/mol. The maximum Gasteiger partial charge on any atom is 0.340 e. The number of halogens is 1. The fourth-order valence-corrected chi connectivity index (χ4v) is 4.43. The van der Waals surface area contributed by atoms with Crippen molar-refractivity contribution >= 4 is 17.8 Å². The number of H-pyrrole nitrogens is 1. The number of likely N-dealkylation sites (tertiary alicyclic amines) is 1. The van der Waals surface area contributed by atoms with Crippen molar-refractivity contribution in [3.63, 3.8) is 0 Å². The number of hydrogen-bond donors (Lipinski definition) is 2. The van der Waals surface area contributed by atoms with E-state index in [2.05, 4.69) is 10.3 Å². The maximum absolute atomic E-state index is 13.8. The van der Waals surface area contributed by atoms with E-state index < -0.39 is 5.97 Å². The zero-order chi connectivity index (χ0) is 24.1. The lowest BCUT2D eigenvalue weighted by molar-refractivity contribution is -0.126. The van der Waals surface area contributed by atoms with Crippen molar-refractivity contribution < 1.29 is 23.5 Å². The van der Waals surface area contributed by atoms with E-state index in [0.717, 1.165) is 0 Å². The summed E-state index contributed by atoms with van der Waals surface area (Å²) in [5, 5.41) is 2.83. The van der Waals surface area contributed by atoms with Crippen LogP contribution in [0.1, 0.15) is 64.4 Å². The molecule has 0 spiro atoms. The Morgan fingerprint density at radius 3 is 2.52 bits per heavy atom.